The number of nitrogens with zero attached hydrogens (tertiary/aromatic N) is 2. The van der Waals surface area contributed by atoms with E-state index in [1.165, 1.54) is 0 Å². The van der Waals surface area contributed by atoms with Gasteiger partial charge in [0, 0.05) is 22.9 Å². The first kappa shape index (κ1) is 23.3. The lowest BCUT2D eigenvalue weighted by atomic mass is 10.0. The summed E-state index contributed by atoms with van der Waals surface area (Å²) in [5.41, 5.74) is 5.50. The number of hydrogen-bond donors (Lipinski definition) is 1. The number of rotatable bonds is 7. The van der Waals surface area contributed by atoms with E-state index in [1.807, 2.05) is 66.7 Å². The Labute approximate surface area is 205 Å². The number of aliphatic hydroxyl groups is 1. The van der Waals surface area contributed by atoms with E-state index in [2.05, 4.69) is 29.5 Å². The topological polar surface area (TPSA) is 62.7 Å². The second kappa shape index (κ2) is 10.9. The summed E-state index contributed by atoms with van der Waals surface area (Å²) in [7, 11) is 1.66. The Morgan fingerprint density at radius 2 is 1.83 bits per heavy atom. The minimum absolute atomic E-state index is 0.0914. The Bertz CT molecular complexity index is 1420. The molecule has 5 nitrogen and oxygen atoms in total. The molecule has 0 aliphatic heterocycles. The van der Waals surface area contributed by atoms with Gasteiger partial charge in [0.15, 0.2) is 0 Å². The highest BCUT2D eigenvalue weighted by atomic mass is 16.5. The van der Waals surface area contributed by atoms with E-state index in [0.29, 0.717) is 23.5 Å². The maximum atomic E-state index is 12.1. The van der Waals surface area contributed by atoms with E-state index >= 15 is 0 Å². The van der Waals surface area contributed by atoms with Crippen molar-refractivity contribution in [2.24, 2.45) is 0 Å². The summed E-state index contributed by atoms with van der Waals surface area (Å²) in [6.45, 7) is 3.86. The van der Waals surface area contributed by atoms with Crippen molar-refractivity contribution in [2.75, 3.05) is 12.0 Å². The maximum absolute atomic E-state index is 12.1. The summed E-state index contributed by atoms with van der Waals surface area (Å²) in [4.78, 5) is 17.9. The van der Waals surface area contributed by atoms with Gasteiger partial charge in [0.1, 0.15) is 17.2 Å². The summed E-state index contributed by atoms with van der Waals surface area (Å²) < 4.78 is 5.51. The average Bonchev–Trinajstić information content (AvgIpc) is 2.91. The number of benzene rings is 3. The molecular weight excluding hydrogens is 436 g/mol. The molecule has 0 bridgehead atoms. The molecule has 0 saturated carbocycles. The summed E-state index contributed by atoms with van der Waals surface area (Å²) in [6, 6.07) is 26.8. The zero-order chi connectivity index (χ0) is 24.6. The van der Waals surface area contributed by atoms with Gasteiger partial charge in [0.05, 0.1) is 19.3 Å². The van der Waals surface area contributed by atoms with Gasteiger partial charge in [-0.3, -0.25) is 9.78 Å². The number of pyridine rings is 1. The minimum atomic E-state index is -0.0914. The SMILES string of the molecule is C=C(O)c1ccc(C#Cc2ccccc2N(C=O)Cc2cccc(-c3ccccc3OC)c2)cn1. The standard InChI is InChI=1S/C30H24N2O3/c1-22(34)28-17-15-23(19-31-28)14-16-25-9-3-5-12-29(25)32(21-33)20-24-8-7-10-26(18-24)27-11-4-6-13-30(27)35-2/h3-13,15,17-19,21,34H,1,20H2,2H3. The van der Waals surface area contributed by atoms with Crippen LogP contribution in [0.15, 0.2) is 97.7 Å². The Kier molecular flexibility index (Phi) is 7.25. The maximum Gasteiger partial charge on any atom is 0.214 e. The number of para-hydroxylation sites is 2. The monoisotopic (exact) mass is 460 g/mol. The van der Waals surface area contributed by atoms with Crippen molar-refractivity contribution >= 4 is 17.9 Å². The number of carbonyl (C=O) groups excluding carboxylic acids is 1. The van der Waals surface area contributed by atoms with E-state index in [1.54, 1.807) is 30.3 Å². The Balaban J connectivity index is 1.61. The smallest absolute Gasteiger partial charge is 0.214 e. The first-order valence-corrected chi connectivity index (χ1v) is 11.0. The van der Waals surface area contributed by atoms with Crippen LogP contribution >= 0.6 is 0 Å². The number of aromatic nitrogens is 1. The molecule has 0 spiro atoms. The molecule has 0 fully saturated rings. The van der Waals surface area contributed by atoms with E-state index in [9.17, 15) is 9.90 Å². The average molecular weight is 461 g/mol. The lowest BCUT2D eigenvalue weighted by molar-refractivity contribution is -0.107. The zero-order valence-electron chi connectivity index (χ0n) is 19.3. The van der Waals surface area contributed by atoms with Gasteiger partial charge in [-0.15, -0.1) is 0 Å². The van der Waals surface area contributed by atoms with Crippen LogP contribution in [-0.4, -0.2) is 23.6 Å². The molecule has 0 saturated heterocycles. The zero-order valence-corrected chi connectivity index (χ0v) is 19.3. The first-order valence-electron chi connectivity index (χ1n) is 11.0. The van der Waals surface area contributed by atoms with E-state index in [-0.39, 0.29) is 5.76 Å². The number of ether oxygens (including phenoxy) is 1. The highest BCUT2D eigenvalue weighted by Crippen LogP contribution is 2.30. The summed E-state index contributed by atoms with van der Waals surface area (Å²) in [5, 5.41) is 9.44. The number of carbonyl (C=O) groups is 1. The quantitative estimate of drug-likeness (QED) is 0.214. The molecule has 0 radical (unpaired) electrons. The Morgan fingerprint density at radius 1 is 1.03 bits per heavy atom. The molecule has 1 aromatic heterocycles. The third kappa shape index (κ3) is 5.58. The molecule has 172 valence electrons. The lowest BCUT2D eigenvalue weighted by Crippen LogP contribution is -2.21. The largest absolute Gasteiger partial charge is 0.506 e. The second-order valence-corrected chi connectivity index (χ2v) is 7.78. The minimum Gasteiger partial charge on any atom is -0.506 e. The van der Waals surface area contributed by atoms with Crippen LogP contribution in [0, 0.1) is 11.8 Å². The molecule has 0 atom stereocenters. The first-order chi connectivity index (χ1) is 17.1. The molecule has 1 heterocycles. The van der Waals surface area contributed by atoms with Crippen molar-refractivity contribution in [1.82, 2.24) is 4.98 Å². The van der Waals surface area contributed by atoms with Crippen molar-refractivity contribution < 1.29 is 14.6 Å². The second-order valence-electron chi connectivity index (χ2n) is 7.78. The van der Waals surface area contributed by atoms with Gasteiger partial charge in [-0.1, -0.05) is 67.0 Å². The van der Waals surface area contributed by atoms with Gasteiger partial charge < -0.3 is 14.7 Å². The number of anilines is 1. The molecule has 1 N–H and O–H groups in total. The molecule has 4 aromatic rings. The third-order valence-corrected chi connectivity index (χ3v) is 5.44. The predicted molar refractivity (Wildman–Crippen MR) is 139 cm³/mol. The fourth-order valence-corrected chi connectivity index (χ4v) is 3.70. The summed E-state index contributed by atoms with van der Waals surface area (Å²) in [6.07, 6.45) is 2.40. The number of aliphatic hydroxyl groups excluding tert-OH is 1. The van der Waals surface area contributed by atoms with Crippen LogP contribution in [0.1, 0.15) is 22.4 Å². The highest BCUT2D eigenvalue weighted by molar-refractivity contribution is 5.79. The van der Waals surface area contributed by atoms with E-state index in [0.717, 1.165) is 34.4 Å². The van der Waals surface area contributed by atoms with Gasteiger partial charge in [-0.05, 0) is 47.5 Å². The van der Waals surface area contributed by atoms with Crippen LogP contribution < -0.4 is 9.64 Å². The molecule has 3 aromatic carbocycles. The van der Waals surface area contributed by atoms with Gasteiger partial charge in [-0.25, -0.2) is 0 Å². The van der Waals surface area contributed by atoms with Crippen molar-refractivity contribution in [2.45, 2.75) is 6.54 Å². The Morgan fingerprint density at radius 3 is 2.57 bits per heavy atom. The van der Waals surface area contributed by atoms with Crippen LogP contribution in [0.25, 0.3) is 16.9 Å². The number of amides is 1. The molecule has 0 aliphatic carbocycles. The van der Waals surface area contributed by atoms with Gasteiger partial charge in [0.2, 0.25) is 6.41 Å². The molecule has 4 rings (SSSR count). The summed E-state index contributed by atoms with van der Waals surface area (Å²) in [5.74, 6) is 6.92. The van der Waals surface area contributed by atoms with Crippen molar-refractivity contribution in [3.05, 3.63) is 120 Å². The third-order valence-electron chi connectivity index (χ3n) is 5.44. The number of hydrogen-bond acceptors (Lipinski definition) is 4. The van der Waals surface area contributed by atoms with Crippen LogP contribution in [0.4, 0.5) is 5.69 Å². The van der Waals surface area contributed by atoms with Gasteiger partial charge in [0.25, 0.3) is 0 Å². The molecule has 0 aliphatic rings. The molecule has 1 amide bonds. The summed E-state index contributed by atoms with van der Waals surface area (Å²) >= 11 is 0. The van der Waals surface area contributed by atoms with E-state index in [4.69, 9.17) is 4.74 Å². The molecule has 35 heavy (non-hydrogen) atoms. The fraction of sp³-hybridized carbons (Fsp3) is 0.0667. The molecule has 0 unspecified atom stereocenters. The van der Waals surface area contributed by atoms with Crippen molar-refractivity contribution in [1.29, 1.82) is 0 Å². The Hall–Kier alpha value is -4.82. The van der Waals surface area contributed by atoms with Gasteiger partial charge >= 0.3 is 0 Å². The van der Waals surface area contributed by atoms with Gasteiger partial charge in [-0.2, -0.15) is 0 Å². The predicted octanol–water partition coefficient (Wildman–Crippen LogP) is 5.85. The normalized spacial score (nSPS) is 10.1. The molecule has 5 heteroatoms. The highest BCUT2D eigenvalue weighted by Gasteiger charge is 2.12. The van der Waals surface area contributed by atoms with E-state index < -0.39 is 0 Å². The van der Waals surface area contributed by atoms with Crippen LogP contribution in [-0.2, 0) is 11.3 Å². The van der Waals surface area contributed by atoms with Crippen LogP contribution in [0.2, 0.25) is 0 Å². The van der Waals surface area contributed by atoms with Crippen LogP contribution in [0.5, 0.6) is 5.75 Å². The fourth-order valence-electron chi connectivity index (χ4n) is 3.70. The van der Waals surface area contributed by atoms with Crippen molar-refractivity contribution in [3.63, 3.8) is 0 Å². The number of methoxy groups -OCH3 is 1. The van der Waals surface area contributed by atoms with Crippen molar-refractivity contribution in [3.8, 4) is 28.7 Å². The molecular formula is C30H24N2O3. The van der Waals surface area contributed by atoms with Crippen LogP contribution in [0.3, 0.4) is 0 Å². The lowest BCUT2D eigenvalue weighted by Gasteiger charge is -2.20.